The molecule has 0 N–H and O–H groups in total. The molecule has 0 aromatic heterocycles. The lowest BCUT2D eigenvalue weighted by Crippen LogP contribution is -2.21. The van der Waals surface area contributed by atoms with Crippen LogP contribution in [0.4, 0.5) is 0 Å². The summed E-state index contributed by atoms with van der Waals surface area (Å²) < 4.78 is 0. The maximum atomic E-state index is 2.36. The highest BCUT2D eigenvalue weighted by atomic mass is 28.3. The molecule has 0 aliphatic carbocycles. The molecule has 1 fully saturated rings. The van der Waals surface area contributed by atoms with Crippen molar-refractivity contribution in [2.75, 3.05) is 0 Å². The summed E-state index contributed by atoms with van der Waals surface area (Å²) in [4.78, 5) is 0. The third-order valence-corrected chi connectivity index (χ3v) is 8.89. The van der Waals surface area contributed by atoms with Crippen LogP contribution in [0.15, 0.2) is 24.3 Å². The second-order valence-electron chi connectivity index (χ2n) is 7.96. The van der Waals surface area contributed by atoms with Crippen molar-refractivity contribution in [1.82, 2.24) is 0 Å². The van der Waals surface area contributed by atoms with E-state index in [0.717, 1.165) is 5.92 Å². The molecule has 24 heavy (non-hydrogen) atoms. The maximum Gasteiger partial charge on any atom is 0.0479 e. The minimum Gasteiger partial charge on any atom is -0.0654 e. The molecule has 1 aliphatic heterocycles. The third kappa shape index (κ3) is 7.55. The lowest BCUT2D eigenvalue weighted by molar-refractivity contribution is 0.417. The van der Waals surface area contributed by atoms with E-state index in [1.165, 1.54) is 63.4 Å². The molecular weight excluding hydrogens is 304 g/mol. The van der Waals surface area contributed by atoms with E-state index < -0.39 is 0 Å². The Morgan fingerprint density at radius 3 is 2.08 bits per heavy atom. The molecule has 1 aromatic carbocycles. The summed E-state index contributed by atoms with van der Waals surface area (Å²) in [7, 11) is 0.0657. The maximum absolute atomic E-state index is 2.36. The monoisotopic (exact) mass is 343 g/mol. The summed E-state index contributed by atoms with van der Waals surface area (Å²) in [5.74, 6) is 1.07. The van der Waals surface area contributed by atoms with Crippen LogP contribution < -0.4 is 0 Å². The molecule has 135 valence electrons. The van der Waals surface area contributed by atoms with Crippen LogP contribution in [-0.2, 0) is 12.8 Å². The highest BCUT2D eigenvalue weighted by molar-refractivity contribution is 6.58. The van der Waals surface area contributed by atoms with Gasteiger partial charge in [0.1, 0.15) is 0 Å². The Hall–Kier alpha value is -0.563. The topological polar surface area (TPSA) is 0 Å². The Morgan fingerprint density at radius 2 is 1.46 bits per heavy atom. The zero-order valence-corrected chi connectivity index (χ0v) is 17.3. The summed E-state index contributed by atoms with van der Waals surface area (Å²) in [6, 6.07) is 14.2. The molecule has 1 aliphatic rings. The predicted molar refractivity (Wildman–Crippen MR) is 110 cm³/mol. The van der Waals surface area contributed by atoms with Gasteiger partial charge in [-0.3, -0.25) is 0 Å². The van der Waals surface area contributed by atoms with E-state index in [1.807, 2.05) is 0 Å². The molecule has 0 nitrogen and oxygen atoms in total. The van der Waals surface area contributed by atoms with Crippen molar-refractivity contribution in [1.29, 1.82) is 0 Å². The van der Waals surface area contributed by atoms with Gasteiger partial charge in [0.25, 0.3) is 0 Å². The number of hydrogen-bond donors (Lipinski definition) is 0. The van der Waals surface area contributed by atoms with Gasteiger partial charge in [-0.2, -0.15) is 0 Å². The van der Waals surface area contributed by atoms with Gasteiger partial charge in [0.15, 0.2) is 0 Å². The minimum atomic E-state index is 0.0657. The number of rotatable bonds is 11. The average Bonchev–Trinajstić information content (AvgIpc) is 2.62. The molecule has 1 radical (unpaired) electrons. The number of benzene rings is 1. The summed E-state index contributed by atoms with van der Waals surface area (Å²) >= 11 is 0. The molecule has 1 heteroatoms. The van der Waals surface area contributed by atoms with Crippen LogP contribution in [0.3, 0.4) is 0 Å². The fourth-order valence-corrected chi connectivity index (χ4v) is 7.31. The van der Waals surface area contributed by atoms with E-state index >= 15 is 0 Å². The molecule has 0 bridgehead atoms. The second-order valence-corrected chi connectivity index (χ2v) is 11.0. The first kappa shape index (κ1) is 19.8. The SMILES string of the molecule is CCCCC[Si]1CCC(CCCCc2ccc(CCC)cc2)CC1. The van der Waals surface area contributed by atoms with Crippen LogP contribution in [0.2, 0.25) is 18.1 Å². The van der Waals surface area contributed by atoms with Crippen molar-refractivity contribution in [3.63, 3.8) is 0 Å². The predicted octanol–water partition coefficient (Wildman–Crippen LogP) is 7.45. The van der Waals surface area contributed by atoms with Crippen LogP contribution in [0.5, 0.6) is 0 Å². The van der Waals surface area contributed by atoms with Gasteiger partial charge in [-0.05, 0) is 36.3 Å². The first-order valence-electron chi connectivity index (χ1n) is 10.7. The molecular formula is C23H39Si. The van der Waals surface area contributed by atoms with Crippen molar-refractivity contribution in [2.24, 2.45) is 5.92 Å². The highest BCUT2D eigenvalue weighted by Crippen LogP contribution is 2.31. The van der Waals surface area contributed by atoms with Gasteiger partial charge in [-0.15, -0.1) is 0 Å². The van der Waals surface area contributed by atoms with E-state index in [9.17, 15) is 0 Å². The lowest BCUT2D eigenvalue weighted by Gasteiger charge is -2.27. The van der Waals surface area contributed by atoms with Crippen molar-refractivity contribution in [2.45, 2.75) is 103 Å². The Labute approximate surface area is 153 Å². The van der Waals surface area contributed by atoms with Crippen LogP contribution in [0.1, 0.15) is 82.8 Å². The molecule has 1 aromatic rings. The van der Waals surface area contributed by atoms with Gasteiger partial charge in [-0.25, -0.2) is 0 Å². The Morgan fingerprint density at radius 1 is 0.792 bits per heavy atom. The van der Waals surface area contributed by atoms with E-state index in [2.05, 4.69) is 38.1 Å². The summed E-state index contributed by atoms with van der Waals surface area (Å²) in [6.07, 6.45) is 15.6. The third-order valence-electron chi connectivity index (χ3n) is 5.84. The first-order chi connectivity index (χ1) is 11.8. The standard InChI is InChI=1S/C23H39Si/c1-3-5-8-18-24-19-16-23(17-20-24)11-7-6-10-22-14-12-21(9-4-2)13-15-22/h12-15,23H,3-11,16-20H2,1-2H3. The highest BCUT2D eigenvalue weighted by Gasteiger charge is 2.21. The van der Waals surface area contributed by atoms with E-state index in [0.29, 0.717) is 0 Å². The quantitative estimate of drug-likeness (QED) is 0.289. The lowest BCUT2D eigenvalue weighted by atomic mass is 9.94. The zero-order valence-electron chi connectivity index (χ0n) is 16.3. The number of hydrogen-bond acceptors (Lipinski definition) is 0. The summed E-state index contributed by atoms with van der Waals surface area (Å²) in [6.45, 7) is 4.59. The average molecular weight is 344 g/mol. The van der Waals surface area contributed by atoms with Crippen LogP contribution in [0, 0.1) is 5.92 Å². The van der Waals surface area contributed by atoms with E-state index in [-0.39, 0.29) is 8.80 Å². The molecule has 0 unspecified atom stereocenters. The zero-order chi connectivity index (χ0) is 17.0. The van der Waals surface area contributed by atoms with Crippen molar-refractivity contribution >= 4 is 8.80 Å². The van der Waals surface area contributed by atoms with Crippen LogP contribution >= 0.6 is 0 Å². The van der Waals surface area contributed by atoms with Gasteiger partial charge < -0.3 is 0 Å². The molecule has 0 spiro atoms. The van der Waals surface area contributed by atoms with E-state index in [4.69, 9.17) is 0 Å². The normalized spacial score (nSPS) is 16.6. The molecule has 1 saturated heterocycles. The van der Waals surface area contributed by atoms with Gasteiger partial charge >= 0.3 is 0 Å². The molecule has 0 atom stereocenters. The largest absolute Gasteiger partial charge is 0.0654 e. The molecule has 1 heterocycles. The Bertz CT molecular complexity index is 414. The molecule has 0 saturated carbocycles. The van der Waals surface area contributed by atoms with Crippen molar-refractivity contribution in [3.05, 3.63) is 35.4 Å². The van der Waals surface area contributed by atoms with Gasteiger partial charge in [-0.1, -0.05) is 108 Å². The van der Waals surface area contributed by atoms with Gasteiger partial charge in [0, 0.05) is 8.80 Å². The van der Waals surface area contributed by atoms with Crippen LogP contribution in [-0.4, -0.2) is 8.80 Å². The summed E-state index contributed by atoms with van der Waals surface area (Å²) in [5, 5.41) is 0. The first-order valence-corrected chi connectivity index (χ1v) is 12.8. The minimum absolute atomic E-state index is 0.0657. The Kier molecular flexibility index (Phi) is 9.80. The fourth-order valence-electron chi connectivity index (χ4n) is 4.17. The number of unbranched alkanes of at least 4 members (excludes halogenated alkanes) is 3. The van der Waals surface area contributed by atoms with Crippen LogP contribution in [0.25, 0.3) is 0 Å². The fraction of sp³-hybridized carbons (Fsp3) is 0.739. The Balaban J connectivity index is 1.53. The smallest absolute Gasteiger partial charge is 0.0479 e. The van der Waals surface area contributed by atoms with E-state index in [1.54, 1.807) is 36.5 Å². The van der Waals surface area contributed by atoms with Gasteiger partial charge in [0.2, 0.25) is 0 Å². The molecule has 2 rings (SSSR count). The molecule has 0 amide bonds. The van der Waals surface area contributed by atoms with Gasteiger partial charge in [0.05, 0.1) is 0 Å². The van der Waals surface area contributed by atoms with Crippen molar-refractivity contribution in [3.8, 4) is 0 Å². The number of aryl methyl sites for hydroxylation is 2. The second kappa shape index (κ2) is 11.9. The summed E-state index contributed by atoms with van der Waals surface area (Å²) in [5.41, 5.74) is 3.04. The van der Waals surface area contributed by atoms with Crippen molar-refractivity contribution < 1.29 is 0 Å².